The Morgan fingerprint density at radius 3 is 2.41 bits per heavy atom. The van der Waals surface area contributed by atoms with Crippen molar-refractivity contribution in [3.63, 3.8) is 0 Å². The molecule has 7 nitrogen and oxygen atoms in total. The molecular formula is C20H22N6O. The van der Waals surface area contributed by atoms with E-state index >= 15 is 0 Å². The molecule has 2 N–H and O–H groups in total. The molecule has 138 valence electrons. The fourth-order valence-electron chi connectivity index (χ4n) is 2.78. The summed E-state index contributed by atoms with van der Waals surface area (Å²) < 4.78 is 5.79. The first-order valence-corrected chi connectivity index (χ1v) is 8.42. The molecule has 0 amide bonds. The third-order valence-corrected chi connectivity index (χ3v) is 4.11. The molecule has 0 fully saturated rings. The maximum atomic E-state index is 6.03. The smallest absolute Gasteiger partial charge is 0.270 e. The van der Waals surface area contributed by atoms with Gasteiger partial charge in [0.05, 0.1) is 11.9 Å². The maximum absolute atomic E-state index is 6.03. The van der Waals surface area contributed by atoms with Gasteiger partial charge in [0.15, 0.2) is 11.5 Å². The number of hydrogen-bond donors (Lipinski definition) is 1. The number of anilines is 2. The highest BCUT2D eigenvalue weighted by Gasteiger charge is 2.17. The molecule has 0 unspecified atom stereocenters. The lowest BCUT2D eigenvalue weighted by Crippen LogP contribution is -2.10. The number of nitrogens with two attached hydrogens (primary N) is 1. The van der Waals surface area contributed by atoms with Gasteiger partial charge in [0.25, 0.3) is 5.89 Å². The predicted octanol–water partition coefficient (Wildman–Crippen LogP) is 4.00. The Bertz CT molecular complexity index is 1090. The average Bonchev–Trinajstić information content (AvgIpc) is 3.19. The molecule has 27 heavy (non-hydrogen) atoms. The van der Waals surface area contributed by atoms with E-state index < -0.39 is 0 Å². The Kier molecular flexibility index (Phi) is 4.25. The summed E-state index contributed by atoms with van der Waals surface area (Å²) in [5, 5.41) is 8.21. The third-order valence-electron chi connectivity index (χ3n) is 4.11. The number of benzene rings is 2. The van der Waals surface area contributed by atoms with Gasteiger partial charge < -0.3 is 15.1 Å². The molecule has 0 aliphatic carbocycles. The van der Waals surface area contributed by atoms with Crippen molar-refractivity contribution in [1.82, 2.24) is 20.2 Å². The van der Waals surface area contributed by atoms with Gasteiger partial charge in [0.1, 0.15) is 0 Å². The molecule has 7 heteroatoms. The van der Waals surface area contributed by atoms with Crippen LogP contribution in [0.15, 0.2) is 65.2 Å². The summed E-state index contributed by atoms with van der Waals surface area (Å²) >= 11 is 0. The highest BCUT2D eigenvalue weighted by atomic mass is 16.4. The molecule has 0 spiro atoms. The fraction of sp³-hybridized carbons (Fsp3) is 0.100. The van der Waals surface area contributed by atoms with Crippen LogP contribution in [-0.2, 0) is 0 Å². The number of para-hydroxylation sites is 1. The van der Waals surface area contributed by atoms with Crippen molar-refractivity contribution in [2.24, 2.45) is 0 Å². The lowest BCUT2D eigenvalue weighted by atomic mass is 10.1. The van der Waals surface area contributed by atoms with Gasteiger partial charge in [0, 0.05) is 33.8 Å². The molecule has 4 aromatic rings. The van der Waals surface area contributed by atoms with Crippen molar-refractivity contribution in [1.29, 1.82) is 0 Å². The molecule has 0 radical (unpaired) electrons. The van der Waals surface area contributed by atoms with Gasteiger partial charge >= 0.3 is 0 Å². The van der Waals surface area contributed by atoms with Gasteiger partial charge in [-0.2, -0.15) is 0 Å². The fourth-order valence-corrected chi connectivity index (χ4v) is 2.78. The Balaban J connectivity index is 0.00000150. The van der Waals surface area contributed by atoms with Crippen LogP contribution in [0.2, 0.25) is 0 Å². The van der Waals surface area contributed by atoms with Crippen LogP contribution in [0, 0.1) is 0 Å². The highest BCUT2D eigenvalue weighted by Crippen LogP contribution is 2.31. The topological polar surface area (TPSA) is 94.0 Å². The Hall–Kier alpha value is -3.74. The van der Waals surface area contributed by atoms with Gasteiger partial charge in [-0.05, 0) is 18.2 Å². The number of nitrogens with zero attached hydrogens (tertiary/aromatic N) is 5. The molecule has 0 bridgehead atoms. The molecule has 4 rings (SSSR count). The summed E-state index contributed by atoms with van der Waals surface area (Å²) in [4.78, 5) is 11.0. The van der Waals surface area contributed by atoms with Crippen molar-refractivity contribution in [2.75, 3.05) is 24.7 Å². The monoisotopic (exact) mass is 362 g/mol. The van der Waals surface area contributed by atoms with Crippen LogP contribution in [-0.4, -0.2) is 34.3 Å². The van der Waals surface area contributed by atoms with E-state index in [0.717, 1.165) is 16.8 Å². The third kappa shape index (κ3) is 3.22. The average molecular weight is 362 g/mol. The normalized spacial score (nSPS) is 10.7. The van der Waals surface area contributed by atoms with Crippen LogP contribution >= 0.6 is 0 Å². The minimum Gasteiger partial charge on any atom is -0.414 e. The second-order valence-electron chi connectivity index (χ2n) is 6.18. The first kappa shape index (κ1) is 16.7. The Labute approximate surface area is 159 Å². The molecule has 0 saturated carbocycles. The van der Waals surface area contributed by atoms with Crippen molar-refractivity contribution >= 4 is 11.5 Å². The number of nitrogen functional groups attached to an aromatic ring is 1. The summed E-state index contributed by atoms with van der Waals surface area (Å²) in [6.45, 7) is 0. The van der Waals surface area contributed by atoms with Crippen LogP contribution in [0.25, 0.3) is 34.3 Å². The summed E-state index contributed by atoms with van der Waals surface area (Å²) in [6.07, 6.45) is 1.65. The molecule has 0 aliphatic rings. The van der Waals surface area contributed by atoms with Gasteiger partial charge in [-0.3, -0.25) is 0 Å². The quantitative estimate of drug-likeness (QED) is 0.586. The summed E-state index contributed by atoms with van der Waals surface area (Å²) in [5.74, 6) is 0.887. The van der Waals surface area contributed by atoms with Crippen molar-refractivity contribution in [2.45, 2.75) is 0 Å². The minimum absolute atomic E-state index is 0. The zero-order chi connectivity index (χ0) is 18.8. The van der Waals surface area contributed by atoms with E-state index in [1.807, 2.05) is 73.6 Å². The molecule has 2 aromatic heterocycles. The van der Waals surface area contributed by atoms with Crippen LogP contribution in [0.5, 0.6) is 0 Å². The van der Waals surface area contributed by atoms with Crippen LogP contribution in [0.3, 0.4) is 0 Å². The minimum atomic E-state index is 0. The number of aromatic nitrogens is 4. The predicted molar refractivity (Wildman–Crippen MR) is 109 cm³/mol. The highest BCUT2D eigenvalue weighted by molar-refractivity contribution is 5.78. The summed E-state index contributed by atoms with van der Waals surface area (Å²) in [5.41, 5.74) is 9.89. The molecule has 0 aliphatic heterocycles. The van der Waals surface area contributed by atoms with Gasteiger partial charge in [-0.15, -0.1) is 10.2 Å². The van der Waals surface area contributed by atoms with Crippen molar-refractivity contribution in [3.05, 3.63) is 60.8 Å². The zero-order valence-electron chi connectivity index (χ0n) is 15.0. The first-order valence-electron chi connectivity index (χ1n) is 8.42. The lowest BCUT2D eigenvalue weighted by Gasteiger charge is -2.17. The zero-order valence-corrected chi connectivity index (χ0v) is 15.0. The van der Waals surface area contributed by atoms with Gasteiger partial charge in [0.2, 0.25) is 5.89 Å². The molecular weight excluding hydrogens is 340 g/mol. The largest absolute Gasteiger partial charge is 0.414 e. The molecule has 0 atom stereocenters. The SMILES string of the molecule is CN(C)c1ccccc1-c1cnc(N)c(-c2nnc(-c3ccccc3)o2)n1.[HH].[HH]. The maximum Gasteiger partial charge on any atom is 0.270 e. The van der Waals surface area contributed by atoms with E-state index in [9.17, 15) is 0 Å². The summed E-state index contributed by atoms with van der Waals surface area (Å²) in [6, 6.07) is 17.5. The molecule has 2 aromatic carbocycles. The van der Waals surface area contributed by atoms with E-state index in [2.05, 4.69) is 20.2 Å². The van der Waals surface area contributed by atoms with Crippen LogP contribution in [0.1, 0.15) is 2.85 Å². The van der Waals surface area contributed by atoms with E-state index in [0.29, 0.717) is 17.3 Å². The van der Waals surface area contributed by atoms with Crippen molar-refractivity contribution in [3.8, 4) is 34.3 Å². The number of rotatable bonds is 4. The summed E-state index contributed by atoms with van der Waals surface area (Å²) in [7, 11) is 3.96. The second-order valence-corrected chi connectivity index (χ2v) is 6.18. The van der Waals surface area contributed by atoms with Crippen LogP contribution in [0.4, 0.5) is 11.5 Å². The Morgan fingerprint density at radius 2 is 1.63 bits per heavy atom. The second kappa shape index (κ2) is 6.87. The van der Waals surface area contributed by atoms with E-state index in [1.165, 1.54) is 0 Å². The number of hydrogen-bond acceptors (Lipinski definition) is 7. The molecule has 0 saturated heterocycles. The van der Waals surface area contributed by atoms with Crippen molar-refractivity contribution < 1.29 is 7.27 Å². The Morgan fingerprint density at radius 1 is 0.926 bits per heavy atom. The van der Waals surface area contributed by atoms with E-state index in [-0.39, 0.29) is 14.6 Å². The van der Waals surface area contributed by atoms with Crippen LogP contribution < -0.4 is 10.6 Å². The standard InChI is InChI=1S/C20H18N6O.2H2/c1-26(2)16-11-7-6-10-14(16)15-12-22-18(21)17(23-15)20-25-24-19(27-20)13-8-4-3-5-9-13;;/h3-12H,1-2H3,(H2,21,22);2*1H. The molecule has 2 heterocycles. The lowest BCUT2D eigenvalue weighted by molar-refractivity contribution is 0.582. The van der Waals surface area contributed by atoms with Gasteiger partial charge in [-0.1, -0.05) is 36.4 Å². The van der Waals surface area contributed by atoms with E-state index in [4.69, 9.17) is 10.2 Å². The van der Waals surface area contributed by atoms with Gasteiger partial charge in [-0.25, -0.2) is 9.97 Å². The first-order chi connectivity index (χ1) is 13.1. The van der Waals surface area contributed by atoms with E-state index in [1.54, 1.807) is 6.20 Å².